The van der Waals surface area contributed by atoms with E-state index in [1.165, 1.54) is 10.9 Å². The molecule has 0 aliphatic heterocycles. The molecule has 1 aromatic carbocycles. The molecular formula is C13H16N2. The maximum absolute atomic E-state index is 5.85. The number of aryl methyl sites for hydroxylation is 1. The van der Waals surface area contributed by atoms with Crippen molar-refractivity contribution < 1.29 is 0 Å². The van der Waals surface area contributed by atoms with Crippen LogP contribution in [-0.4, -0.2) is 11.0 Å². The zero-order valence-corrected chi connectivity index (χ0v) is 9.20. The van der Waals surface area contributed by atoms with Crippen LogP contribution in [0.5, 0.6) is 0 Å². The molecule has 0 spiro atoms. The Bertz CT molecular complexity index is 475. The van der Waals surface area contributed by atoms with Crippen LogP contribution in [0.15, 0.2) is 30.3 Å². The molecule has 0 radical (unpaired) electrons. The van der Waals surface area contributed by atoms with E-state index in [1.54, 1.807) is 0 Å². The average Bonchev–Trinajstić information content (AvgIpc) is 2.16. The van der Waals surface area contributed by atoms with Gasteiger partial charge < -0.3 is 5.73 Å². The van der Waals surface area contributed by atoms with Gasteiger partial charge in [-0.25, -0.2) is 0 Å². The van der Waals surface area contributed by atoms with Gasteiger partial charge in [-0.15, -0.1) is 0 Å². The summed E-state index contributed by atoms with van der Waals surface area (Å²) in [6.07, 6.45) is 0.907. The van der Waals surface area contributed by atoms with Crippen LogP contribution in [0.2, 0.25) is 0 Å². The molecule has 1 atom stereocenters. The normalized spacial score (nSPS) is 13.0. The first kappa shape index (κ1) is 10.1. The monoisotopic (exact) mass is 200 g/mol. The first-order chi connectivity index (χ1) is 7.16. The van der Waals surface area contributed by atoms with E-state index in [0.29, 0.717) is 0 Å². The number of hydrogen-bond acceptors (Lipinski definition) is 2. The second-order valence-electron chi connectivity index (χ2n) is 4.12. The fourth-order valence-corrected chi connectivity index (χ4v) is 1.91. The molecule has 0 fully saturated rings. The summed E-state index contributed by atoms with van der Waals surface area (Å²) in [4.78, 5) is 4.50. The number of nitrogens with two attached hydrogens (primary N) is 1. The van der Waals surface area contributed by atoms with Gasteiger partial charge in [-0.3, -0.25) is 4.98 Å². The predicted octanol–water partition coefficient (Wildman–Crippen LogP) is 2.43. The van der Waals surface area contributed by atoms with Gasteiger partial charge >= 0.3 is 0 Å². The lowest BCUT2D eigenvalue weighted by molar-refractivity contribution is 0.740. The third-order valence-corrected chi connectivity index (χ3v) is 2.47. The van der Waals surface area contributed by atoms with Crippen LogP contribution in [0.3, 0.4) is 0 Å². The molecule has 15 heavy (non-hydrogen) atoms. The molecule has 0 aliphatic rings. The lowest BCUT2D eigenvalue weighted by atomic mass is 10.0. The van der Waals surface area contributed by atoms with E-state index >= 15 is 0 Å². The molecule has 2 heteroatoms. The Morgan fingerprint density at radius 1 is 1.33 bits per heavy atom. The highest BCUT2D eigenvalue weighted by Crippen LogP contribution is 2.19. The highest BCUT2D eigenvalue weighted by atomic mass is 14.7. The van der Waals surface area contributed by atoms with Gasteiger partial charge in [-0.1, -0.05) is 18.2 Å². The summed E-state index contributed by atoms with van der Waals surface area (Å²) in [5, 5.41) is 1.22. The van der Waals surface area contributed by atoms with Gasteiger partial charge in [0, 0.05) is 17.1 Å². The number of pyridine rings is 1. The molecule has 2 rings (SSSR count). The van der Waals surface area contributed by atoms with Crippen LogP contribution in [0.1, 0.15) is 18.2 Å². The zero-order valence-electron chi connectivity index (χ0n) is 9.20. The SMILES string of the molecule is Cc1cc(CC(C)N)c2ccccc2n1. The molecule has 0 saturated carbocycles. The van der Waals surface area contributed by atoms with Gasteiger partial charge in [0.2, 0.25) is 0 Å². The fourth-order valence-electron chi connectivity index (χ4n) is 1.91. The first-order valence-electron chi connectivity index (χ1n) is 5.27. The number of aromatic nitrogens is 1. The summed E-state index contributed by atoms with van der Waals surface area (Å²) in [5.41, 5.74) is 9.27. The van der Waals surface area contributed by atoms with E-state index in [9.17, 15) is 0 Å². The average molecular weight is 200 g/mol. The second kappa shape index (κ2) is 3.99. The molecule has 0 amide bonds. The summed E-state index contributed by atoms with van der Waals surface area (Å²) >= 11 is 0. The molecule has 0 saturated heterocycles. The molecule has 1 unspecified atom stereocenters. The Balaban J connectivity index is 2.60. The summed E-state index contributed by atoms with van der Waals surface area (Å²) in [6, 6.07) is 10.5. The Kier molecular flexibility index (Phi) is 2.69. The van der Waals surface area contributed by atoms with Crippen molar-refractivity contribution in [2.45, 2.75) is 26.3 Å². The lowest BCUT2D eigenvalue weighted by Gasteiger charge is -2.09. The highest BCUT2D eigenvalue weighted by Gasteiger charge is 2.05. The van der Waals surface area contributed by atoms with Crippen LogP contribution < -0.4 is 5.73 Å². The topological polar surface area (TPSA) is 38.9 Å². The van der Waals surface area contributed by atoms with E-state index in [-0.39, 0.29) is 6.04 Å². The van der Waals surface area contributed by atoms with Crippen molar-refractivity contribution in [3.8, 4) is 0 Å². The molecule has 1 heterocycles. The van der Waals surface area contributed by atoms with Crippen LogP contribution in [0.4, 0.5) is 0 Å². The lowest BCUT2D eigenvalue weighted by Crippen LogP contribution is -2.18. The Morgan fingerprint density at radius 2 is 2.07 bits per heavy atom. The van der Waals surface area contributed by atoms with Gasteiger partial charge in [-0.2, -0.15) is 0 Å². The molecular weight excluding hydrogens is 184 g/mol. The standard InChI is InChI=1S/C13H16N2/c1-9(14)7-11-8-10(2)15-13-6-4-3-5-12(11)13/h3-6,8-9H,7,14H2,1-2H3. The maximum atomic E-state index is 5.85. The van der Waals surface area contributed by atoms with Gasteiger partial charge in [0.05, 0.1) is 5.52 Å². The largest absolute Gasteiger partial charge is 0.328 e. The quantitative estimate of drug-likeness (QED) is 0.808. The van der Waals surface area contributed by atoms with E-state index in [0.717, 1.165) is 17.6 Å². The first-order valence-corrected chi connectivity index (χ1v) is 5.27. The van der Waals surface area contributed by atoms with Crippen molar-refractivity contribution in [3.05, 3.63) is 41.6 Å². The zero-order chi connectivity index (χ0) is 10.8. The third kappa shape index (κ3) is 2.16. The number of para-hydroxylation sites is 1. The van der Waals surface area contributed by atoms with E-state index in [4.69, 9.17) is 5.73 Å². The van der Waals surface area contributed by atoms with E-state index in [2.05, 4.69) is 17.1 Å². The molecule has 2 aromatic rings. The van der Waals surface area contributed by atoms with Gasteiger partial charge in [0.15, 0.2) is 0 Å². The minimum Gasteiger partial charge on any atom is -0.328 e. The van der Waals surface area contributed by atoms with E-state index in [1.807, 2.05) is 32.0 Å². The van der Waals surface area contributed by atoms with Crippen molar-refractivity contribution in [2.24, 2.45) is 5.73 Å². The minimum absolute atomic E-state index is 0.190. The molecule has 1 aromatic heterocycles. The number of benzene rings is 1. The van der Waals surface area contributed by atoms with Gasteiger partial charge in [0.25, 0.3) is 0 Å². The number of hydrogen-bond donors (Lipinski definition) is 1. The van der Waals surface area contributed by atoms with Crippen molar-refractivity contribution in [1.29, 1.82) is 0 Å². The smallest absolute Gasteiger partial charge is 0.0707 e. The van der Waals surface area contributed by atoms with Crippen molar-refractivity contribution in [1.82, 2.24) is 4.98 Å². The highest BCUT2D eigenvalue weighted by molar-refractivity contribution is 5.82. The minimum atomic E-state index is 0.190. The van der Waals surface area contributed by atoms with Gasteiger partial charge in [-0.05, 0) is 38.0 Å². The molecule has 2 nitrogen and oxygen atoms in total. The molecule has 0 aliphatic carbocycles. The third-order valence-electron chi connectivity index (χ3n) is 2.47. The maximum Gasteiger partial charge on any atom is 0.0707 e. The van der Waals surface area contributed by atoms with E-state index < -0.39 is 0 Å². The predicted molar refractivity (Wildman–Crippen MR) is 63.8 cm³/mol. The summed E-state index contributed by atoms with van der Waals surface area (Å²) in [7, 11) is 0. The van der Waals surface area contributed by atoms with Crippen LogP contribution in [-0.2, 0) is 6.42 Å². The summed E-state index contributed by atoms with van der Waals surface area (Å²) < 4.78 is 0. The number of fused-ring (bicyclic) bond motifs is 1. The van der Waals surface area contributed by atoms with Gasteiger partial charge in [0.1, 0.15) is 0 Å². The van der Waals surface area contributed by atoms with Crippen molar-refractivity contribution in [3.63, 3.8) is 0 Å². The summed E-state index contributed by atoms with van der Waals surface area (Å²) in [5.74, 6) is 0. The summed E-state index contributed by atoms with van der Waals surface area (Å²) in [6.45, 7) is 4.06. The number of nitrogens with zero attached hydrogens (tertiary/aromatic N) is 1. The van der Waals surface area contributed by atoms with Crippen LogP contribution in [0.25, 0.3) is 10.9 Å². The van der Waals surface area contributed by atoms with Crippen LogP contribution >= 0.6 is 0 Å². The fraction of sp³-hybridized carbons (Fsp3) is 0.308. The Labute approximate surface area is 90.1 Å². The van der Waals surface area contributed by atoms with Crippen molar-refractivity contribution >= 4 is 10.9 Å². The van der Waals surface area contributed by atoms with Crippen LogP contribution in [0, 0.1) is 6.92 Å². The Hall–Kier alpha value is -1.41. The number of rotatable bonds is 2. The molecule has 2 N–H and O–H groups in total. The van der Waals surface area contributed by atoms with Crippen molar-refractivity contribution in [2.75, 3.05) is 0 Å². The molecule has 78 valence electrons. The second-order valence-corrected chi connectivity index (χ2v) is 4.12. The molecule has 0 bridgehead atoms. The Morgan fingerprint density at radius 3 is 2.80 bits per heavy atom.